The van der Waals surface area contributed by atoms with Crippen molar-refractivity contribution in [2.45, 2.75) is 20.1 Å². The molecule has 0 aliphatic heterocycles. The molecule has 0 aliphatic carbocycles. The van der Waals surface area contributed by atoms with E-state index in [0.29, 0.717) is 23.4 Å². The van der Waals surface area contributed by atoms with Crippen molar-refractivity contribution in [2.75, 3.05) is 14.2 Å². The number of nitrogens with zero attached hydrogens (tertiary/aromatic N) is 4. The average Bonchev–Trinajstić information content (AvgIpc) is 3.30. The number of hydrogen-bond donors (Lipinski definition) is 0. The van der Waals surface area contributed by atoms with Crippen LogP contribution in [0, 0.1) is 6.92 Å². The first-order valence-electron chi connectivity index (χ1n) is 9.60. The van der Waals surface area contributed by atoms with Gasteiger partial charge in [-0.3, -0.25) is 0 Å². The van der Waals surface area contributed by atoms with Crippen LogP contribution in [0.1, 0.15) is 22.3 Å². The second kappa shape index (κ2) is 10.7. The SMILES string of the molecule is CO/C=C(\C(=O)OC)c1ccccc1CO/N=C(/Cn1cncn1)c1ccc(C)cc1. The van der Waals surface area contributed by atoms with Gasteiger partial charge in [-0.25, -0.2) is 14.5 Å². The van der Waals surface area contributed by atoms with Crippen LogP contribution in [-0.2, 0) is 32.3 Å². The normalized spacial score (nSPS) is 11.8. The van der Waals surface area contributed by atoms with Crippen LogP contribution in [0.25, 0.3) is 5.57 Å². The lowest BCUT2D eigenvalue weighted by molar-refractivity contribution is -0.133. The molecule has 0 N–H and O–H groups in total. The number of oxime groups is 1. The Labute approximate surface area is 180 Å². The summed E-state index contributed by atoms with van der Waals surface area (Å²) in [5.74, 6) is -0.496. The van der Waals surface area contributed by atoms with Crippen molar-refractivity contribution >= 4 is 17.3 Å². The molecule has 0 saturated heterocycles. The summed E-state index contributed by atoms with van der Waals surface area (Å²) in [6, 6.07) is 15.4. The van der Waals surface area contributed by atoms with Gasteiger partial charge in [-0.2, -0.15) is 5.10 Å². The van der Waals surface area contributed by atoms with Crippen molar-refractivity contribution in [1.29, 1.82) is 0 Å². The molecule has 2 aromatic carbocycles. The van der Waals surface area contributed by atoms with E-state index in [2.05, 4.69) is 15.2 Å². The van der Waals surface area contributed by atoms with Crippen LogP contribution in [0.4, 0.5) is 0 Å². The molecule has 0 atom stereocenters. The van der Waals surface area contributed by atoms with Crippen molar-refractivity contribution in [3.63, 3.8) is 0 Å². The second-order valence-electron chi connectivity index (χ2n) is 6.69. The number of methoxy groups -OCH3 is 2. The number of carbonyl (C=O) groups is 1. The zero-order chi connectivity index (χ0) is 22.1. The Hall–Kier alpha value is -3.94. The molecule has 8 heteroatoms. The highest BCUT2D eigenvalue weighted by Crippen LogP contribution is 2.22. The van der Waals surface area contributed by atoms with Gasteiger partial charge < -0.3 is 14.3 Å². The molecule has 0 bridgehead atoms. The van der Waals surface area contributed by atoms with Gasteiger partial charge in [0.2, 0.25) is 0 Å². The zero-order valence-corrected chi connectivity index (χ0v) is 17.7. The van der Waals surface area contributed by atoms with Gasteiger partial charge in [0, 0.05) is 11.1 Å². The molecule has 0 spiro atoms. The van der Waals surface area contributed by atoms with E-state index in [0.717, 1.165) is 16.7 Å². The van der Waals surface area contributed by atoms with E-state index in [4.69, 9.17) is 14.3 Å². The maximum absolute atomic E-state index is 12.2. The van der Waals surface area contributed by atoms with E-state index in [1.54, 1.807) is 17.1 Å². The van der Waals surface area contributed by atoms with Crippen molar-refractivity contribution in [3.8, 4) is 0 Å². The molecule has 0 aliphatic rings. The fourth-order valence-corrected chi connectivity index (χ4v) is 2.92. The average molecular weight is 420 g/mol. The lowest BCUT2D eigenvalue weighted by atomic mass is 10.0. The lowest BCUT2D eigenvalue weighted by Crippen LogP contribution is -2.13. The summed E-state index contributed by atoms with van der Waals surface area (Å²) in [6.45, 7) is 2.58. The molecule has 0 unspecified atom stereocenters. The third-order valence-corrected chi connectivity index (χ3v) is 4.51. The Kier molecular flexibility index (Phi) is 7.53. The van der Waals surface area contributed by atoms with Crippen LogP contribution in [0.2, 0.25) is 0 Å². The fourth-order valence-electron chi connectivity index (χ4n) is 2.92. The van der Waals surface area contributed by atoms with Gasteiger partial charge in [0.1, 0.15) is 30.5 Å². The van der Waals surface area contributed by atoms with Crippen LogP contribution in [0.15, 0.2) is 72.6 Å². The maximum Gasteiger partial charge on any atom is 0.341 e. The molecule has 3 aromatic rings. The Morgan fingerprint density at radius 1 is 1.13 bits per heavy atom. The molecule has 0 amide bonds. The highest BCUT2D eigenvalue weighted by atomic mass is 16.6. The third kappa shape index (κ3) is 5.79. The van der Waals surface area contributed by atoms with E-state index in [-0.39, 0.29) is 6.61 Å². The standard InChI is InChI=1S/C23H24N4O4/c1-17-8-10-18(11-9-17)22(12-27-16-24-15-25-27)26-31-13-19-6-4-5-7-20(19)21(14-29-2)23(28)30-3/h4-11,14-16H,12-13H2,1-3H3/b21-14-,26-22-. The number of hydrogen-bond acceptors (Lipinski definition) is 7. The van der Waals surface area contributed by atoms with Gasteiger partial charge in [-0.1, -0.05) is 59.3 Å². The summed E-state index contributed by atoms with van der Waals surface area (Å²) < 4.78 is 11.6. The first kappa shape index (κ1) is 21.8. The van der Waals surface area contributed by atoms with E-state index in [9.17, 15) is 4.79 Å². The molecule has 0 saturated carbocycles. The van der Waals surface area contributed by atoms with Crippen LogP contribution in [0.5, 0.6) is 0 Å². The third-order valence-electron chi connectivity index (χ3n) is 4.51. The minimum Gasteiger partial charge on any atom is -0.503 e. The van der Waals surface area contributed by atoms with Crippen molar-refractivity contribution in [3.05, 3.63) is 89.7 Å². The molecule has 0 radical (unpaired) electrons. The number of esters is 1. The summed E-state index contributed by atoms with van der Waals surface area (Å²) in [7, 11) is 2.80. The summed E-state index contributed by atoms with van der Waals surface area (Å²) in [4.78, 5) is 21.9. The molecule has 31 heavy (non-hydrogen) atoms. The predicted octanol–water partition coefficient (Wildman–Crippen LogP) is 3.37. The number of ether oxygens (including phenoxy) is 2. The van der Waals surface area contributed by atoms with Crippen molar-refractivity contribution in [2.24, 2.45) is 5.16 Å². The van der Waals surface area contributed by atoms with Gasteiger partial charge in [-0.05, 0) is 12.5 Å². The number of carbonyl (C=O) groups excluding carboxylic acids is 1. The number of aryl methyl sites for hydroxylation is 1. The minimum atomic E-state index is -0.496. The smallest absolute Gasteiger partial charge is 0.341 e. The van der Waals surface area contributed by atoms with E-state index in [1.807, 2.05) is 49.4 Å². The molecular formula is C23H24N4O4. The Morgan fingerprint density at radius 2 is 1.90 bits per heavy atom. The summed E-state index contributed by atoms with van der Waals surface area (Å²) in [5.41, 5.74) is 4.49. The van der Waals surface area contributed by atoms with Gasteiger partial charge in [0.15, 0.2) is 0 Å². The largest absolute Gasteiger partial charge is 0.503 e. The Morgan fingerprint density at radius 3 is 2.58 bits per heavy atom. The van der Waals surface area contributed by atoms with Crippen molar-refractivity contribution in [1.82, 2.24) is 14.8 Å². The summed E-state index contributed by atoms with van der Waals surface area (Å²) in [5, 5.41) is 8.51. The molecular weight excluding hydrogens is 396 g/mol. The molecule has 8 nitrogen and oxygen atoms in total. The maximum atomic E-state index is 12.2. The van der Waals surface area contributed by atoms with Gasteiger partial charge >= 0.3 is 5.97 Å². The number of aromatic nitrogens is 3. The molecule has 3 rings (SSSR count). The van der Waals surface area contributed by atoms with Crippen molar-refractivity contribution < 1.29 is 19.1 Å². The lowest BCUT2D eigenvalue weighted by Gasteiger charge is -2.12. The molecule has 0 fully saturated rings. The molecule has 160 valence electrons. The zero-order valence-electron chi connectivity index (χ0n) is 17.7. The van der Waals surface area contributed by atoms with Gasteiger partial charge in [0.05, 0.1) is 27.0 Å². The predicted molar refractivity (Wildman–Crippen MR) is 116 cm³/mol. The summed E-state index contributed by atoms with van der Waals surface area (Å²) >= 11 is 0. The topological polar surface area (TPSA) is 87.8 Å². The summed E-state index contributed by atoms with van der Waals surface area (Å²) in [6.07, 6.45) is 4.45. The van der Waals surface area contributed by atoms with Crippen LogP contribution < -0.4 is 0 Å². The van der Waals surface area contributed by atoms with E-state index < -0.39 is 5.97 Å². The Bertz CT molecular complexity index is 1060. The monoisotopic (exact) mass is 420 g/mol. The minimum absolute atomic E-state index is 0.154. The number of rotatable bonds is 9. The van der Waals surface area contributed by atoms with Gasteiger partial charge in [0.25, 0.3) is 0 Å². The van der Waals surface area contributed by atoms with Crippen LogP contribution in [0.3, 0.4) is 0 Å². The first-order chi connectivity index (χ1) is 15.1. The Balaban J connectivity index is 1.85. The molecule has 1 heterocycles. The first-order valence-corrected chi connectivity index (χ1v) is 9.60. The van der Waals surface area contributed by atoms with E-state index >= 15 is 0 Å². The fraction of sp³-hybridized carbons (Fsp3) is 0.217. The van der Waals surface area contributed by atoms with Crippen LogP contribution in [-0.4, -0.2) is 40.7 Å². The van der Waals surface area contributed by atoms with Gasteiger partial charge in [-0.15, -0.1) is 0 Å². The van der Waals surface area contributed by atoms with E-state index in [1.165, 1.54) is 26.8 Å². The second-order valence-corrected chi connectivity index (χ2v) is 6.69. The number of benzene rings is 2. The highest BCUT2D eigenvalue weighted by molar-refractivity contribution is 6.16. The molecule has 1 aromatic heterocycles. The highest BCUT2D eigenvalue weighted by Gasteiger charge is 2.17. The van der Waals surface area contributed by atoms with Crippen LogP contribution >= 0.6 is 0 Å². The quantitative estimate of drug-likeness (QED) is 0.173.